The van der Waals surface area contributed by atoms with E-state index in [0.717, 1.165) is 42.3 Å². The lowest BCUT2D eigenvalue weighted by molar-refractivity contribution is 0.396. The lowest BCUT2D eigenvalue weighted by atomic mass is 10.0. The van der Waals surface area contributed by atoms with E-state index < -0.39 is 0 Å². The first-order chi connectivity index (χ1) is 15.5. The van der Waals surface area contributed by atoms with Crippen molar-refractivity contribution in [2.24, 2.45) is 0 Å². The Kier molecular flexibility index (Phi) is 7.12. The van der Waals surface area contributed by atoms with E-state index in [1.54, 1.807) is 7.11 Å². The average molecular weight is 472 g/mol. The third-order valence-electron chi connectivity index (χ3n) is 5.43. The minimum absolute atomic E-state index is 0.399. The molecule has 0 unspecified atom stereocenters. The Bertz CT molecular complexity index is 1070. The number of halogens is 1. The van der Waals surface area contributed by atoms with Crippen molar-refractivity contribution in [1.29, 1.82) is 0 Å². The van der Waals surface area contributed by atoms with Crippen LogP contribution in [-0.4, -0.2) is 34.8 Å². The van der Waals surface area contributed by atoms with Crippen LogP contribution in [0.3, 0.4) is 0 Å². The third kappa shape index (κ3) is 5.49. The Hall–Kier alpha value is -2.84. The molecule has 32 heavy (non-hydrogen) atoms. The van der Waals surface area contributed by atoms with E-state index in [4.69, 9.17) is 33.0 Å². The lowest BCUT2D eigenvalue weighted by Crippen LogP contribution is -2.38. The second-order valence-electron chi connectivity index (χ2n) is 7.71. The molecule has 1 atom stereocenters. The predicted octanol–water partition coefficient (Wildman–Crippen LogP) is 5.26. The van der Waals surface area contributed by atoms with Gasteiger partial charge in [-0.25, -0.2) is 0 Å². The molecule has 0 radical (unpaired) electrons. The number of nitrogens with one attached hydrogen (secondary N) is 2. The summed E-state index contributed by atoms with van der Waals surface area (Å²) in [6.45, 7) is 3.62. The van der Waals surface area contributed by atoms with Crippen LogP contribution in [0.25, 0.3) is 11.3 Å². The molecular formula is C23H26ClN5O2S. The zero-order valence-electron chi connectivity index (χ0n) is 18.1. The summed E-state index contributed by atoms with van der Waals surface area (Å²) in [5.74, 6) is 3.27. The van der Waals surface area contributed by atoms with Crippen molar-refractivity contribution in [3.8, 4) is 17.2 Å². The molecule has 7 nitrogen and oxygen atoms in total. The van der Waals surface area contributed by atoms with Gasteiger partial charge in [0.1, 0.15) is 17.3 Å². The fourth-order valence-electron chi connectivity index (χ4n) is 3.71. The molecule has 1 aromatic carbocycles. The number of piperidine rings is 1. The summed E-state index contributed by atoms with van der Waals surface area (Å²) in [6.07, 6.45) is 3.54. The number of benzene rings is 1. The first kappa shape index (κ1) is 22.4. The van der Waals surface area contributed by atoms with Crippen molar-refractivity contribution in [2.45, 2.75) is 38.8 Å². The van der Waals surface area contributed by atoms with Crippen molar-refractivity contribution < 1.29 is 9.15 Å². The van der Waals surface area contributed by atoms with Crippen molar-refractivity contribution in [3.05, 3.63) is 53.2 Å². The minimum atomic E-state index is 0.399. The smallest absolute Gasteiger partial charge is 0.234 e. The highest BCUT2D eigenvalue weighted by atomic mass is 35.5. The summed E-state index contributed by atoms with van der Waals surface area (Å²) >= 11 is 11.4. The molecule has 0 spiro atoms. The molecule has 1 fully saturated rings. The van der Waals surface area contributed by atoms with E-state index in [1.807, 2.05) is 42.5 Å². The molecule has 168 valence electrons. The fraction of sp³-hybridized carbons (Fsp3) is 0.348. The van der Waals surface area contributed by atoms with Gasteiger partial charge in [-0.1, -0.05) is 11.6 Å². The van der Waals surface area contributed by atoms with Crippen molar-refractivity contribution in [3.63, 3.8) is 0 Å². The zero-order valence-corrected chi connectivity index (χ0v) is 19.7. The summed E-state index contributed by atoms with van der Waals surface area (Å²) < 4.78 is 11.3. The first-order valence-electron chi connectivity index (χ1n) is 10.6. The number of methoxy groups -OCH3 is 1. The van der Waals surface area contributed by atoms with Crippen LogP contribution in [0.15, 0.2) is 46.9 Å². The maximum Gasteiger partial charge on any atom is 0.234 e. The number of aromatic nitrogens is 2. The Balaban J connectivity index is 1.39. The summed E-state index contributed by atoms with van der Waals surface area (Å²) in [6, 6.07) is 13.6. The number of ether oxygens (including phenoxy) is 1. The molecule has 0 bridgehead atoms. The number of rotatable bonds is 6. The Morgan fingerprint density at radius 2 is 2.03 bits per heavy atom. The average Bonchev–Trinajstić information content (AvgIpc) is 3.27. The van der Waals surface area contributed by atoms with Gasteiger partial charge in [-0.15, -0.1) is 0 Å². The largest absolute Gasteiger partial charge is 0.481 e. The summed E-state index contributed by atoms with van der Waals surface area (Å²) in [5, 5.41) is 7.29. The number of hydrogen-bond donors (Lipinski definition) is 2. The number of hydrogen-bond acceptors (Lipinski definition) is 6. The second kappa shape index (κ2) is 10.2. The summed E-state index contributed by atoms with van der Waals surface area (Å²) in [4.78, 5) is 11.3. The van der Waals surface area contributed by atoms with Crippen molar-refractivity contribution >= 4 is 40.7 Å². The molecule has 3 heterocycles. The van der Waals surface area contributed by atoms with Gasteiger partial charge in [0, 0.05) is 29.2 Å². The molecule has 2 aromatic heterocycles. The monoisotopic (exact) mass is 471 g/mol. The molecule has 4 rings (SSSR count). The highest BCUT2D eigenvalue weighted by Gasteiger charge is 2.21. The minimum Gasteiger partial charge on any atom is -0.481 e. The Morgan fingerprint density at radius 3 is 2.78 bits per heavy atom. The Labute approximate surface area is 198 Å². The standard InChI is InChI=1S/C23H26ClN5O2S/c1-15-5-3-4-12-29(15)20-13-21(30-2)27-22(26-20)28-23(32)25-14-18-10-11-19(31-18)16-6-8-17(24)9-7-16/h6-11,13,15H,3-5,12,14H2,1-2H3,(H2,25,26,27,28,32)/t15-/m0/s1. The van der Waals surface area contributed by atoms with Crippen molar-refractivity contribution in [2.75, 3.05) is 23.9 Å². The van der Waals surface area contributed by atoms with Gasteiger partial charge in [0.05, 0.1) is 13.7 Å². The van der Waals surface area contributed by atoms with Crippen LogP contribution in [0, 0.1) is 0 Å². The van der Waals surface area contributed by atoms with Crippen LogP contribution < -0.4 is 20.3 Å². The highest BCUT2D eigenvalue weighted by molar-refractivity contribution is 7.80. The van der Waals surface area contributed by atoms with Crippen LogP contribution in [0.5, 0.6) is 5.88 Å². The van der Waals surface area contributed by atoms with Crippen LogP contribution in [-0.2, 0) is 6.54 Å². The third-order valence-corrected chi connectivity index (χ3v) is 5.93. The van der Waals surface area contributed by atoms with E-state index in [0.29, 0.717) is 34.5 Å². The van der Waals surface area contributed by atoms with E-state index >= 15 is 0 Å². The molecule has 0 amide bonds. The number of nitrogens with zero attached hydrogens (tertiary/aromatic N) is 3. The van der Waals surface area contributed by atoms with E-state index in [9.17, 15) is 0 Å². The quantitative estimate of drug-likeness (QED) is 0.471. The normalized spacial score (nSPS) is 16.0. The van der Waals surface area contributed by atoms with Crippen LogP contribution >= 0.6 is 23.8 Å². The SMILES string of the molecule is COc1cc(N2CCCC[C@@H]2C)nc(NC(=S)NCc2ccc(-c3ccc(Cl)cc3)o2)n1. The molecule has 0 aliphatic carbocycles. The lowest BCUT2D eigenvalue weighted by Gasteiger charge is -2.34. The molecule has 0 saturated carbocycles. The van der Waals surface area contributed by atoms with Gasteiger partial charge in [-0.3, -0.25) is 0 Å². The fourth-order valence-corrected chi connectivity index (χ4v) is 4.00. The predicted molar refractivity (Wildman–Crippen MR) is 131 cm³/mol. The molecule has 1 aliphatic heterocycles. The van der Waals surface area contributed by atoms with Gasteiger partial charge in [-0.2, -0.15) is 9.97 Å². The summed E-state index contributed by atoms with van der Waals surface area (Å²) in [7, 11) is 1.60. The maximum atomic E-state index is 5.95. The zero-order chi connectivity index (χ0) is 22.5. The molecule has 1 aliphatic rings. The molecule has 2 N–H and O–H groups in total. The van der Waals surface area contributed by atoms with E-state index in [2.05, 4.69) is 32.4 Å². The van der Waals surface area contributed by atoms with Crippen LogP contribution in [0.4, 0.5) is 11.8 Å². The number of furan rings is 1. The first-order valence-corrected chi connectivity index (χ1v) is 11.4. The summed E-state index contributed by atoms with van der Waals surface area (Å²) in [5.41, 5.74) is 0.964. The second-order valence-corrected chi connectivity index (χ2v) is 8.56. The number of anilines is 2. The van der Waals surface area contributed by atoms with Gasteiger partial charge in [0.2, 0.25) is 11.8 Å². The van der Waals surface area contributed by atoms with E-state index in [1.165, 1.54) is 6.42 Å². The Morgan fingerprint density at radius 1 is 1.22 bits per heavy atom. The molecular weight excluding hydrogens is 446 g/mol. The number of thiocarbonyl (C=S) groups is 1. The van der Waals surface area contributed by atoms with Gasteiger partial charge in [-0.05, 0) is 74.8 Å². The molecule has 1 saturated heterocycles. The van der Waals surface area contributed by atoms with Gasteiger partial charge >= 0.3 is 0 Å². The highest BCUT2D eigenvalue weighted by Crippen LogP contribution is 2.27. The van der Waals surface area contributed by atoms with Gasteiger partial charge < -0.3 is 24.7 Å². The topological polar surface area (TPSA) is 75.5 Å². The van der Waals surface area contributed by atoms with Crippen LogP contribution in [0.2, 0.25) is 5.02 Å². The van der Waals surface area contributed by atoms with Crippen molar-refractivity contribution in [1.82, 2.24) is 15.3 Å². The van der Waals surface area contributed by atoms with Gasteiger partial charge in [0.15, 0.2) is 5.11 Å². The molecule has 9 heteroatoms. The van der Waals surface area contributed by atoms with E-state index in [-0.39, 0.29) is 0 Å². The van der Waals surface area contributed by atoms with Gasteiger partial charge in [0.25, 0.3) is 0 Å². The maximum absolute atomic E-state index is 5.95. The molecule has 3 aromatic rings. The van der Waals surface area contributed by atoms with Crippen LogP contribution in [0.1, 0.15) is 31.9 Å².